The lowest BCUT2D eigenvalue weighted by atomic mass is 10.0. The van der Waals surface area contributed by atoms with Gasteiger partial charge in [-0.2, -0.15) is 0 Å². The van der Waals surface area contributed by atoms with E-state index >= 15 is 0 Å². The van der Waals surface area contributed by atoms with Gasteiger partial charge >= 0.3 is 5.97 Å². The van der Waals surface area contributed by atoms with Gasteiger partial charge in [0.1, 0.15) is 7.11 Å². The smallest absolute Gasteiger partial charge is 0.331 e. The standard InChI is InChI=1S/C8H9NO3/c1-12-9-7-4-2-3-6(5-7)8(10)11/h2-4H,5H2,1H3,(H,10,11). The van der Waals surface area contributed by atoms with Gasteiger partial charge in [0.25, 0.3) is 0 Å². The molecule has 0 radical (unpaired) electrons. The molecule has 0 aromatic carbocycles. The SMILES string of the molecule is CON=C1C=CC=C(C(=O)O)C1. The zero-order chi connectivity index (χ0) is 8.97. The van der Waals surface area contributed by atoms with Crippen molar-refractivity contribution in [3.05, 3.63) is 23.8 Å². The molecule has 4 heteroatoms. The van der Waals surface area contributed by atoms with Crippen LogP contribution < -0.4 is 0 Å². The van der Waals surface area contributed by atoms with Gasteiger partial charge in [0.15, 0.2) is 0 Å². The molecule has 1 N–H and O–H groups in total. The van der Waals surface area contributed by atoms with Crippen molar-refractivity contribution in [1.82, 2.24) is 0 Å². The van der Waals surface area contributed by atoms with Crippen LogP contribution in [0.25, 0.3) is 0 Å². The summed E-state index contributed by atoms with van der Waals surface area (Å²) >= 11 is 0. The Morgan fingerprint density at radius 3 is 3.08 bits per heavy atom. The van der Waals surface area contributed by atoms with Gasteiger partial charge in [-0.3, -0.25) is 0 Å². The molecule has 0 atom stereocenters. The second kappa shape index (κ2) is 3.71. The molecule has 0 aromatic heterocycles. The lowest BCUT2D eigenvalue weighted by Gasteiger charge is -2.04. The van der Waals surface area contributed by atoms with E-state index in [1.807, 2.05) is 0 Å². The second-order valence-corrected chi connectivity index (χ2v) is 2.30. The number of nitrogens with zero attached hydrogens (tertiary/aromatic N) is 1. The molecule has 0 saturated carbocycles. The number of rotatable bonds is 2. The van der Waals surface area contributed by atoms with Crippen molar-refractivity contribution >= 4 is 11.7 Å². The topological polar surface area (TPSA) is 58.9 Å². The van der Waals surface area contributed by atoms with Crippen molar-refractivity contribution in [2.45, 2.75) is 6.42 Å². The Kier molecular flexibility index (Phi) is 2.63. The van der Waals surface area contributed by atoms with Crippen LogP contribution in [0.5, 0.6) is 0 Å². The lowest BCUT2D eigenvalue weighted by molar-refractivity contribution is -0.132. The maximum Gasteiger partial charge on any atom is 0.331 e. The van der Waals surface area contributed by atoms with Crippen LogP contribution >= 0.6 is 0 Å². The molecular formula is C8H9NO3. The third kappa shape index (κ3) is 1.95. The molecule has 0 amide bonds. The molecule has 1 rings (SSSR count). The monoisotopic (exact) mass is 167 g/mol. The van der Waals surface area contributed by atoms with Crippen LogP contribution in [0.15, 0.2) is 29.0 Å². The number of carboxylic acids is 1. The van der Waals surface area contributed by atoms with E-state index in [9.17, 15) is 4.79 Å². The van der Waals surface area contributed by atoms with E-state index in [4.69, 9.17) is 5.11 Å². The van der Waals surface area contributed by atoms with Gasteiger partial charge in [0.05, 0.1) is 5.71 Å². The fourth-order valence-electron chi connectivity index (χ4n) is 0.915. The maximum absolute atomic E-state index is 10.5. The largest absolute Gasteiger partial charge is 0.478 e. The van der Waals surface area contributed by atoms with E-state index in [2.05, 4.69) is 9.99 Å². The zero-order valence-electron chi connectivity index (χ0n) is 6.65. The summed E-state index contributed by atoms with van der Waals surface area (Å²) in [4.78, 5) is 15.0. The zero-order valence-corrected chi connectivity index (χ0v) is 6.65. The third-order valence-corrected chi connectivity index (χ3v) is 1.44. The summed E-state index contributed by atoms with van der Waals surface area (Å²) in [7, 11) is 1.43. The van der Waals surface area contributed by atoms with Crippen LogP contribution in [0.4, 0.5) is 0 Å². The molecule has 64 valence electrons. The summed E-state index contributed by atoms with van der Waals surface area (Å²) in [5, 5.41) is 12.3. The third-order valence-electron chi connectivity index (χ3n) is 1.44. The molecular weight excluding hydrogens is 158 g/mol. The molecule has 0 bridgehead atoms. The van der Waals surface area contributed by atoms with E-state index in [1.54, 1.807) is 18.2 Å². The first-order valence-corrected chi connectivity index (χ1v) is 3.44. The quantitative estimate of drug-likeness (QED) is 0.623. The van der Waals surface area contributed by atoms with E-state index in [1.165, 1.54) is 7.11 Å². The Bertz CT molecular complexity index is 276. The van der Waals surface area contributed by atoms with Gasteiger partial charge in [-0.25, -0.2) is 4.79 Å². The first kappa shape index (κ1) is 8.52. The highest BCUT2D eigenvalue weighted by atomic mass is 16.6. The average Bonchev–Trinajstić information content (AvgIpc) is 2.05. The fourth-order valence-corrected chi connectivity index (χ4v) is 0.915. The molecule has 0 fully saturated rings. The number of carboxylic acid groups (broad SMARTS) is 1. The molecule has 4 nitrogen and oxygen atoms in total. The number of hydrogen-bond acceptors (Lipinski definition) is 3. The molecule has 0 saturated heterocycles. The van der Waals surface area contributed by atoms with Gasteiger partial charge in [0, 0.05) is 12.0 Å². The van der Waals surface area contributed by atoms with Crippen molar-refractivity contribution in [2.24, 2.45) is 5.16 Å². The van der Waals surface area contributed by atoms with Crippen LogP contribution in [0.2, 0.25) is 0 Å². The summed E-state index contributed by atoms with van der Waals surface area (Å²) in [5.41, 5.74) is 0.950. The number of aliphatic carboxylic acids is 1. The number of carbonyl (C=O) groups is 1. The Labute approximate surface area is 69.8 Å². The molecule has 12 heavy (non-hydrogen) atoms. The molecule has 1 aliphatic rings. The fraction of sp³-hybridized carbons (Fsp3) is 0.250. The maximum atomic E-state index is 10.5. The van der Waals surface area contributed by atoms with Gasteiger partial charge in [-0.15, -0.1) is 0 Å². The van der Waals surface area contributed by atoms with Crippen LogP contribution in [-0.4, -0.2) is 23.9 Å². The highest BCUT2D eigenvalue weighted by Gasteiger charge is 2.11. The van der Waals surface area contributed by atoms with E-state index < -0.39 is 5.97 Å². The van der Waals surface area contributed by atoms with E-state index in [0.717, 1.165) is 0 Å². The van der Waals surface area contributed by atoms with Crippen molar-refractivity contribution in [2.75, 3.05) is 7.11 Å². The molecule has 0 heterocycles. The van der Waals surface area contributed by atoms with E-state index in [-0.39, 0.29) is 0 Å². The van der Waals surface area contributed by atoms with Crippen LogP contribution in [0.3, 0.4) is 0 Å². The second-order valence-electron chi connectivity index (χ2n) is 2.30. The Balaban J connectivity index is 2.74. The molecule has 1 aliphatic carbocycles. The highest BCUT2D eigenvalue weighted by molar-refractivity contribution is 6.04. The summed E-state index contributed by atoms with van der Waals surface area (Å²) < 4.78 is 0. The first-order valence-electron chi connectivity index (χ1n) is 3.44. The van der Waals surface area contributed by atoms with Gasteiger partial charge in [-0.05, 0) is 6.08 Å². The summed E-state index contributed by atoms with van der Waals surface area (Å²) in [5.74, 6) is -0.914. The lowest BCUT2D eigenvalue weighted by Crippen LogP contribution is -2.08. The van der Waals surface area contributed by atoms with Crippen LogP contribution in [-0.2, 0) is 9.63 Å². The number of hydrogen-bond donors (Lipinski definition) is 1. The minimum atomic E-state index is -0.914. The normalized spacial score (nSPS) is 19.1. The van der Waals surface area contributed by atoms with Gasteiger partial charge in [0.2, 0.25) is 0 Å². The van der Waals surface area contributed by atoms with Crippen molar-refractivity contribution in [3.8, 4) is 0 Å². The van der Waals surface area contributed by atoms with Crippen molar-refractivity contribution < 1.29 is 14.7 Å². The van der Waals surface area contributed by atoms with Crippen LogP contribution in [0, 0.1) is 0 Å². The molecule has 0 aromatic rings. The van der Waals surface area contributed by atoms with Crippen LogP contribution in [0.1, 0.15) is 6.42 Å². The minimum Gasteiger partial charge on any atom is -0.478 e. The molecule has 0 unspecified atom stereocenters. The first-order chi connectivity index (χ1) is 5.74. The average molecular weight is 167 g/mol. The predicted octanol–water partition coefficient (Wildman–Crippen LogP) is 0.960. The summed E-state index contributed by atoms with van der Waals surface area (Å²) in [6.07, 6.45) is 5.23. The molecule has 0 spiro atoms. The number of oxime groups is 1. The highest BCUT2D eigenvalue weighted by Crippen LogP contribution is 2.10. The van der Waals surface area contributed by atoms with Gasteiger partial charge in [-0.1, -0.05) is 17.3 Å². The summed E-state index contributed by atoms with van der Waals surface area (Å²) in [6.45, 7) is 0. The Morgan fingerprint density at radius 1 is 1.75 bits per heavy atom. The van der Waals surface area contributed by atoms with Crippen molar-refractivity contribution in [1.29, 1.82) is 0 Å². The number of allylic oxidation sites excluding steroid dienone is 3. The minimum absolute atomic E-state index is 0.319. The van der Waals surface area contributed by atoms with Crippen molar-refractivity contribution in [3.63, 3.8) is 0 Å². The molecule has 0 aliphatic heterocycles. The Morgan fingerprint density at radius 2 is 2.50 bits per heavy atom. The predicted molar refractivity (Wildman–Crippen MR) is 43.9 cm³/mol. The van der Waals surface area contributed by atoms with E-state index in [0.29, 0.717) is 17.7 Å². The van der Waals surface area contributed by atoms with Gasteiger partial charge < -0.3 is 9.94 Å². The Hall–Kier alpha value is -1.58. The summed E-state index contributed by atoms with van der Waals surface area (Å²) in [6, 6.07) is 0.